The topological polar surface area (TPSA) is 50.2 Å². The summed E-state index contributed by atoms with van der Waals surface area (Å²) in [6, 6.07) is 0. The number of nitrogens with zero attached hydrogens (tertiary/aromatic N) is 1. The van der Waals surface area contributed by atoms with E-state index in [4.69, 9.17) is 0 Å². The van der Waals surface area contributed by atoms with Gasteiger partial charge in [-0.25, -0.2) is 4.98 Å². The summed E-state index contributed by atoms with van der Waals surface area (Å²) < 4.78 is 0. The molecule has 1 N–H and O–H groups in total. The largest absolute Gasteiger partial charge is 0.388 e. The van der Waals surface area contributed by atoms with Crippen LogP contribution < -0.4 is 0 Å². The summed E-state index contributed by atoms with van der Waals surface area (Å²) in [5.41, 5.74) is 1.72. The van der Waals surface area contributed by atoms with Crippen molar-refractivity contribution >= 4 is 23.7 Å². The molecular weight excluding hydrogens is 222 g/mol. The molecule has 0 saturated heterocycles. The molecule has 16 heavy (non-hydrogen) atoms. The summed E-state index contributed by atoms with van der Waals surface area (Å²) in [5, 5.41) is 12.7. The molecular formula is C12H15NO2S. The molecule has 4 heteroatoms. The number of aromatic nitrogens is 1. The van der Waals surface area contributed by atoms with Crippen molar-refractivity contribution in [1.82, 2.24) is 4.98 Å². The van der Waals surface area contributed by atoms with Crippen molar-refractivity contribution in [2.45, 2.75) is 26.4 Å². The number of hydrogen-bond acceptors (Lipinski definition) is 4. The SMILES string of the molecule is C/C(=C\c1csc(C)n1)[C@@H](O)C/C=C/C=O. The Morgan fingerprint density at radius 3 is 3.00 bits per heavy atom. The van der Waals surface area contributed by atoms with Gasteiger partial charge in [0.25, 0.3) is 0 Å². The monoisotopic (exact) mass is 237 g/mol. The smallest absolute Gasteiger partial charge is 0.142 e. The van der Waals surface area contributed by atoms with E-state index in [2.05, 4.69) is 4.98 Å². The van der Waals surface area contributed by atoms with Crippen molar-refractivity contribution in [2.24, 2.45) is 0 Å². The van der Waals surface area contributed by atoms with Crippen molar-refractivity contribution in [1.29, 1.82) is 0 Å². The zero-order chi connectivity index (χ0) is 12.0. The minimum Gasteiger partial charge on any atom is -0.388 e. The van der Waals surface area contributed by atoms with Crippen LogP contribution in [0.4, 0.5) is 0 Å². The second kappa shape index (κ2) is 6.35. The highest BCUT2D eigenvalue weighted by Crippen LogP contribution is 2.14. The third kappa shape index (κ3) is 4.08. The van der Waals surface area contributed by atoms with Crippen LogP contribution in [-0.2, 0) is 4.79 Å². The molecule has 1 heterocycles. The number of thiazole rings is 1. The Morgan fingerprint density at radius 1 is 1.69 bits per heavy atom. The number of aliphatic hydroxyl groups is 1. The Morgan fingerprint density at radius 2 is 2.44 bits per heavy atom. The van der Waals surface area contributed by atoms with Gasteiger partial charge in [-0.1, -0.05) is 6.08 Å². The molecule has 1 aromatic rings. The van der Waals surface area contributed by atoms with Crippen LogP contribution in [0.15, 0.2) is 23.1 Å². The average molecular weight is 237 g/mol. The molecule has 0 radical (unpaired) electrons. The second-order valence-corrected chi connectivity index (χ2v) is 4.56. The Balaban J connectivity index is 2.62. The molecule has 0 amide bonds. The number of allylic oxidation sites excluding steroid dienone is 1. The summed E-state index contributed by atoms with van der Waals surface area (Å²) in [5.74, 6) is 0. The zero-order valence-corrected chi connectivity index (χ0v) is 10.2. The predicted molar refractivity (Wildman–Crippen MR) is 66.3 cm³/mol. The first-order valence-corrected chi connectivity index (χ1v) is 5.90. The summed E-state index contributed by atoms with van der Waals surface area (Å²) in [6.45, 7) is 3.80. The van der Waals surface area contributed by atoms with Crippen LogP contribution in [0.3, 0.4) is 0 Å². The van der Waals surface area contributed by atoms with Crippen molar-refractivity contribution in [3.8, 4) is 0 Å². The number of aliphatic hydroxyl groups excluding tert-OH is 1. The van der Waals surface area contributed by atoms with Crippen LogP contribution in [-0.4, -0.2) is 22.5 Å². The molecule has 3 nitrogen and oxygen atoms in total. The molecule has 1 atom stereocenters. The fourth-order valence-electron chi connectivity index (χ4n) is 1.22. The van der Waals surface area contributed by atoms with Gasteiger partial charge in [-0.2, -0.15) is 0 Å². The normalized spacial score (nSPS) is 14.3. The minimum absolute atomic E-state index is 0.449. The van der Waals surface area contributed by atoms with E-state index in [1.54, 1.807) is 17.4 Å². The van der Waals surface area contributed by atoms with E-state index in [0.717, 1.165) is 16.3 Å². The summed E-state index contributed by atoms with van der Waals surface area (Å²) in [7, 11) is 0. The van der Waals surface area contributed by atoms with Gasteiger partial charge in [0.15, 0.2) is 0 Å². The van der Waals surface area contributed by atoms with Crippen LogP contribution in [0.5, 0.6) is 0 Å². The maximum atomic E-state index is 10.1. The van der Waals surface area contributed by atoms with Crippen molar-refractivity contribution in [3.63, 3.8) is 0 Å². The molecule has 0 spiro atoms. The lowest BCUT2D eigenvalue weighted by atomic mass is 10.1. The summed E-state index contributed by atoms with van der Waals surface area (Å²) in [4.78, 5) is 14.3. The van der Waals surface area contributed by atoms with Gasteiger partial charge in [0.1, 0.15) is 6.29 Å². The molecule has 0 fully saturated rings. The molecule has 0 aliphatic carbocycles. The molecule has 1 rings (SSSR count). The zero-order valence-electron chi connectivity index (χ0n) is 9.38. The van der Waals surface area contributed by atoms with Gasteiger partial charge in [0.05, 0.1) is 16.8 Å². The molecule has 0 aliphatic rings. The van der Waals surface area contributed by atoms with Crippen LogP contribution >= 0.6 is 11.3 Å². The number of aldehydes is 1. The number of rotatable bonds is 5. The third-order valence-corrected chi connectivity index (χ3v) is 2.90. The molecule has 0 saturated carbocycles. The lowest BCUT2D eigenvalue weighted by Crippen LogP contribution is -2.06. The minimum atomic E-state index is -0.557. The fourth-order valence-corrected chi connectivity index (χ4v) is 1.79. The van der Waals surface area contributed by atoms with Crippen LogP contribution in [0.25, 0.3) is 6.08 Å². The van der Waals surface area contributed by atoms with Crippen molar-refractivity contribution in [2.75, 3.05) is 0 Å². The average Bonchev–Trinajstić information content (AvgIpc) is 2.64. The van der Waals surface area contributed by atoms with Gasteiger partial charge in [-0.05, 0) is 38.0 Å². The van der Waals surface area contributed by atoms with Gasteiger partial charge in [-0.15, -0.1) is 11.3 Å². The number of hydrogen-bond donors (Lipinski definition) is 1. The highest BCUT2D eigenvalue weighted by Gasteiger charge is 2.05. The van der Waals surface area contributed by atoms with Gasteiger partial charge in [0, 0.05) is 5.38 Å². The first kappa shape index (κ1) is 12.8. The molecule has 0 aliphatic heterocycles. The van der Waals surface area contributed by atoms with Gasteiger partial charge in [0.2, 0.25) is 0 Å². The van der Waals surface area contributed by atoms with E-state index >= 15 is 0 Å². The van der Waals surface area contributed by atoms with E-state index in [1.807, 2.05) is 25.3 Å². The number of aryl methyl sites for hydroxylation is 1. The predicted octanol–water partition coefficient (Wildman–Crippen LogP) is 2.36. The van der Waals surface area contributed by atoms with E-state index in [-0.39, 0.29) is 0 Å². The summed E-state index contributed by atoms with van der Waals surface area (Å²) >= 11 is 1.58. The van der Waals surface area contributed by atoms with Crippen LogP contribution in [0.2, 0.25) is 0 Å². The van der Waals surface area contributed by atoms with E-state index in [1.165, 1.54) is 6.08 Å². The molecule has 1 aromatic heterocycles. The maximum Gasteiger partial charge on any atom is 0.142 e. The molecule has 0 unspecified atom stereocenters. The van der Waals surface area contributed by atoms with E-state index in [9.17, 15) is 9.90 Å². The fraction of sp³-hybridized carbons (Fsp3) is 0.333. The Hall–Kier alpha value is -1.26. The maximum absolute atomic E-state index is 10.1. The first-order chi connectivity index (χ1) is 7.63. The quantitative estimate of drug-likeness (QED) is 0.631. The third-order valence-electron chi connectivity index (χ3n) is 2.11. The van der Waals surface area contributed by atoms with Crippen LogP contribution in [0.1, 0.15) is 24.0 Å². The highest BCUT2D eigenvalue weighted by molar-refractivity contribution is 7.09. The first-order valence-electron chi connectivity index (χ1n) is 5.02. The molecule has 0 bridgehead atoms. The van der Waals surface area contributed by atoms with E-state index < -0.39 is 6.10 Å². The molecule has 0 aromatic carbocycles. The molecule has 86 valence electrons. The second-order valence-electron chi connectivity index (χ2n) is 3.50. The lowest BCUT2D eigenvalue weighted by molar-refractivity contribution is -0.104. The standard InChI is InChI=1S/C12H15NO2S/c1-9(12(15)5-3-4-6-14)7-11-8-16-10(2)13-11/h3-4,6-8,12,15H,5H2,1-2H3/b4-3+,9-7+/t12-/m0/s1. The lowest BCUT2D eigenvalue weighted by Gasteiger charge is -2.07. The Labute approximate surface area is 99.2 Å². The van der Waals surface area contributed by atoms with Gasteiger partial charge < -0.3 is 5.11 Å². The van der Waals surface area contributed by atoms with Crippen LogP contribution in [0, 0.1) is 6.92 Å². The van der Waals surface area contributed by atoms with E-state index in [0.29, 0.717) is 12.7 Å². The highest BCUT2D eigenvalue weighted by atomic mass is 32.1. The Bertz CT molecular complexity index is 407. The van der Waals surface area contributed by atoms with Crippen molar-refractivity contribution in [3.05, 3.63) is 33.8 Å². The van der Waals surface area contributed by atoms with Crippen molar-refractivity contribution < 1.29 is 9.90 Å². The summed E-state index contributed by atoms with van der Waals surface area (Å²) in [6.07, 6.45) is 5.51. The number of carbonyl (C=O) groups excluding carboxylic acids is 1. The van der Waals surface area contributed by atoms with Gasteiger partial charge in [-0.3, -0.25) is 4.79 Å². The van der Waals surface area contributed by atoms with Gasteiger partial charge >= 0.3 is 0 Å². The Kier molecular flexibility index (Phi) is 5.08. The number of carbonyl (C=O) groups is 1.